The van der Waals surface area contributed by atoms with Gasteiger partial charge < -0.3 is 20.4 Å². The number of carboxylic acids is 2. The first kappa shape index (κ1) is 16.2. The zero-order valence-corrected chi connectivity index (χ0v) is 10.9. The summed E-state index contributed by atoms with van der Waals surface area (Å²) in [6.07, 6.45) is 0.715. The Balaban J connectivity index is 4.29. The second-order valence-corrected chi connectivity index (χ2v) is 5.19. The molecule has 0 bridgehead atoms. The molecule has 0 saturated carbocycles. The number of nitrogens with one attached hydrogen (secondary N) is 1. The summed E-state index contributed by atoms with van der Waals surface area (Å²) in [5.41, 5.74) is 0.0394. The van der Waals surface area contributed by atoms with E-state index in [0.717, 1.165) is 4.90 Å². The molecule has 0 atom stereocenters. The maximum Gasteiger partial charge on any atom is 0.323 e. The third kappa shape index (κ3) is 8.37. The second kappa shape index (κ2) is 6.83. The van der Waals surface area contributed by atoms with E-state index in [4.69, 9.17) is 10.2 Å². The molecule has 0 aliphatic rings. The number of carboxylic acid groups (broad SMARTS) is 2. The molecule has 0 fully saturated rings. The topological polar surface area (TPSA) is 107 Å². The van der Waals surface area contributed by atoms with Crippen molar-refractivity contribution in [2.24, 2.45) is 5.41 Å². The summed E-state index contributed by atoms with van der Waals surface area (Å²) < 4.78 is 0. The third-order valence-corrected chi connectivity index (χ3v) is 2.09. The number of carbonyl (C=O) groups excluding carboxylic acids is 1. The van der Waals surface area contributed by atoms with Crippen LogP contribution in [0.25, 0.3) is 0 Å². The molecule has 0 aliphatic carbocycles. The molecule has 0 saturated heterocycles. The van der Waals surface area contributed by atoms with Gasteiger partial charge in [-0.15, -0.1) is 0 Å². The molecule has 0 aromatic rings. The average molecular weight is 260 g/mol. The fourth-order valence-corrected chi connectivity index (χ4v) is 1.18. The van der Waals surface area contributed by atoms with Crippen molar-refractivity contribution in [3.05, 3.63) is 0 Å². The number of urea groups is 1. The highest BCUT2D eigenvalue weighted by Gasteiger charge is 2.19. The van der Waals surface area contributed by atoms with Crippen molar-refractivity contribution in [1.82, 2.24) is 10.2 Å². The van der Waals surface area contributed by atoms with Crippen LogP contribution in [0.15, 0.2) is 0 Å². The van der Waals surface area contributed by atoms with Gasteiger partial charge in [0.05, 0.1) is 0 Å². The minimum Gasteiger partial charge on any atom is -0.480 e. The zero-order valence-electron chi connectivity index (χ0n) is 10.9. The molecule has 0 heterocycles. The Morgan fingerprint density at radius 1 is 1.06 bits per heavy atom. The molecule has 7 heteroatoms. The van der Waals surface area contributed by atoms with E-state index in [1.165, 1.54) is 0 Å². The van der Waals surface area contributed by atoms with Gasteiger partial charge in [0.15, 0.2) is 0 Å². The van der Waals surface area contributed by atoms with E-state index < -0.39 is 31.1 Å². The lowest BCUT2D eigenvalue weighted by atomic mass is 9.92. The van der Waals surface area contributed by atoms with Crippen molar-refractivity contribution in [1.29, 1.82) is 0 Å². The number of amides is 2. The molecule has 0 unspecified atom stereocenters. The van der Waals surface area contributed by atoms with Gasteiger partial charge in [-0.1, -0.05) is 20.8 Å². The van der Waals surface area contributed by atoms with Gasteiger partial charge >= 0.3 is 18.0 Å². The highest BCUT2D eigenvalue weighted by Crippen LogP contribution is 2.16. The largest absolute Gasteiger partial charge is 0.480 e. The van der Waals surface area contributed by atoms with E-state index in [-0.39, 0.29) is 5.41 Å². The van der Waals surface area contributed by atoms with Crippen molar-refractivity contribution in [3.63, 3.8) is 0 Å². The second-order valence-electron chi connectivity index (χ2n) is 5.19. The first-order valence-electron chi connectivity index (χ1n) is 5.58. The van der Waals surface area contributed by atoms with Gasteiger partial charge in [-0.25, -0.2) is 4.79 Å². The van der Waals surface area contributed by atoms with Gasteiger partial charge in [-0.05, 0) is 11.8 Å². The highest BCUT2D eigenvalue weighted by molar-refractivity contribution is 5.84. The molecule has 7 nitrogen and oxygen atoms in total. The predicted molar refractivity (Wildman–Crippen MR) is 64.3 cm³/mol. The van der Waals surface area contributed by atoms with Crippen LogP contribution in [0.3, 0.4) is 0 Å². The first-order chi connectivity index (χ1) is 8.11. The Hall–Kier alpha value is -1.79. The van der Waals surface area contributed by atoms with E-state index in [1.54, 1.807) is 0 Å². The van der Waals surface area contributed by atoms with E-state index in [9.17, 15) is 14.4 Å². The lowest BCUT2D eigenvalue weighted by Gasteiger charge is -2.22. The summed E-state index contributed by atoms with van der Waals surface area (Å²) in [5, 5.41) is 19.7. The van der Waals surface area contributed by atoms with Gasteiger partial charge in [0.25, 0.3) is 0 Å². The number of carbonyl (C=O) groups is 3. The third-order valence-electron chi connectivity index (χ3n) is 2.09. The van der Waals surface area contributed by atoms with Gasteiger partial charge in [-0.2, -0.15) is 0 Å². The van der Waals surface area contributed by atoms with Crippen molar-refractivity contribution >= 4 is 18.0 Å². The number of aliphatic carboxylic acids is 2. The van der Waals surface area contributed by atoms with Crippen LogP contribution in [-0.4, -0.2) is 52.7 Å². The Morgan fingerprint density at radius 3 is 1.83 bits per heavy atom. The molecular formula is C11H20N2O5. The quantitative estimate of drug-likeness (QED) is 0.648. The fourth-order valence-electron chi connectivity index (χ4n) is 1.18. The van der Waals surface area contributed by atoms with E-state index in [2.05, 4.69) is 5.32 Å². The van der Waals surface area contributed by atoms with Crippen LogP contribution in [-0.2, 0) is 9.59 Å². The summed E-state index contributed by atoms with van der Waals surface area (Å²) in [5.74, 6) is -2.50. The lowest BCUT2D eigenvalue weighted by Crippen LogP contribution is -2.45. The maximum absolute atomic E-state index is 11.6. The van der Waals surface area contributed by atoms with Crippen LogP contribution in [0.5, 0.6) is 0 Å². The normalized spacial score (nSPS) is 10.8. The monoisotopic (exact) mass is 260 g/mol. The Bertz CT molecular complexity index is 306. The molecule has 0 aromatic heterocycles. The molecule has 2 amide bonds. The van der Waals surface area contributed by atoms with Crippen molar-refractivity contribution in [3.8, 4) is 0 Å². The number of nitrogens with zero attached hydrogens (tertiary/aromatic N) is 1. The molecule has 0 radical (unpaired) electrons. The average Bonchev–Trinajstić information content (AvgIpc) is 2.12. The number of rotatable bonds is 6. The van der Waals surface area contributed by atoms with Crippen LogP contribution in [0.2, 0.25) is 0 Å². The van der Waals surface area contributed by atoms with Crippen molar-refractivity contribution < 1.29 is 24.6 Å². The molecule has 18 heavy (non-hydrogen) atoms. The molecular weight excluding hydrogens is 240 g/mol. The molecule has 0 spiro atoms. The molecule has 0 rings (SSSR count). The zero-order chi connectivity index (χ0) is 14.3. The minimum absolute atomic E-state index is 0.0394. The molecule has 0 aliphatic heterocycles. The van der Waals surface area contributed by atoms with Gasteiger partial charge in [0.2, 0.25) is 0 Å². The van der Waals surface area contributed by atoms with Crippen LogP contribution in [0.1, 0.15) is 27.2 Å². The summed E-state index contributed by atoms with van der Waals surface area (Å²) in [6, 6.07) is -0.677. The van der Waals surface area contributed by atoms with E-state index in [0.29, 0.717) is 13.0 Å². The predicted octanol–water partition coefficient (Wildman–Crippen LogP) is 0.603. The van der Waals surface area contributed by atoms with Crippen molar-refractivity contribution in [2.45, 2.75) is 27.2 Å². The first-order valence-corrected chi connectivity index (χ1v) is 5.58. The lowest BCUT2D eigenvalue weighted by molar-refractivity contribution is -0.140. The van der Waals surface area contributed by atoms with Crippen LogP contribution in [0.4, 0.5) is 4.79 Å². The van der Waals surface area contributed by atoms with E-state index in [1.807, 2.05) is 20.8 Å². The summed E-state index contributed by atoms with van der Waals surface area (Å²) in [7, 11) is 0. The smallest absolute Gasteiger partial charge is 0.323 e. The minimum atomic E-state index is -1.25. The highest BCUT2D eigenvalue weighted by atomic mass is 16.4. The number of hydrogen-bond donors (Lipinski definition) is 3. The summed E-state index contributed by atoms with van der Waals surface area (Å²) in [4.78, 5) is 33.4. The fraction of sp³-hybridized carbons (Fsp3) is 0.727. The standard InChI is InChI=1S/C11H20N2O5/c1-11(2,3)4-5-12-10(18)13(6-8(14)15)7-9(16)17/h4-7H2,1-3H3,(H,12,18)(H,14,15)(H,16,17). The van der Waals surface area contributed by atoms with Gasteiger partial charge in [-0.3, -0.25) is 9.59 Å². The van der Waals surface area contributed by atoms with Gasteiger partial charge in [0, 0.05) is 6.54 Å². The number of hydrogen-bond acceptors (Lipinski definition) is 3. The Labute approximate surface area is 106 Å². The molecule has 104 valence electrons. The Morgan fingerprint density at radius 2 is 1.50 bits per heavy atom. The SMILES string of the molecule is CC(C)(C)CCNC(=O)N(CC(=O)O)CC(=O)O. The summed E-state index contributed by atoms with van der Waals surface area (Å²) in [6.45, 7) is 5.13. The van der Waals surface area contributed by atoms with Crippen molar-refractivity contribution in [2.75, 3.05) is 19.6 Å². The molecule has 3 N–H and O–H groups in total. The van der Waals surface area contributed by atoms with E-state index >= 15 is 0 Å². The van der Waals surface area contributed by atoms with Crippen LogP contribution in [0, 0.1) is 5.41 Å². The maximum atomic E-state index is 11.6. The van der Waals surface area contributed by atoms with Gasteiger partial charge in [0.1, 0.15) is 13.1 Å². The summed E-state index contributed by atoms with van der Waals surface area (Å²) >= 11 is 0. The van der Waals surface area contributed by atoms with Crippen LogP contribution >= 0.6 is 0 Å². The Kier molecular flexibility index (Phi) is 6.15. The van der Waals surface area contributed by atoms with Crippen LogP contribution < -0.4 is 5.32 Å². The molecule has 0 aromatic carbocycles.